The quantitative estimate of drug-likeness (QED) is 0.644. The number of thioether (sulfide) groups is 2. The summed E-state index contributed by atoms with van der Waals surface area (Å²) in [6.45, 7) is 2.03. The second-order valence-corrected chi connectivity index (χ2v) is 8.84. The van der Waals surface area contributed by atoms with Gasteiger partial charge in [-0.25, -0.2) is 0 Å². The maximum absolute atomic E-state index is 9.28. The summed E-state index contributed by atoms with van der Waals surface area (Å²) < 4.78 is 0. The highest BCUT2D eigenvalue weighted by molar-refractivity contribution is 8.02. The second kappa shape index (κ2) is 9.85. The van der Waals surface area contributed by atoms with Crippen LogP contribution in [0.4, 0.5) is 0 Å². The summed E-state index contributed by atoms with van der Waals surface area (Å²) in [7, 11) is 8.32. The first-order valence-corrected chi connectivity index (χ1v) is 10.4. The lowest BCUT2D eigenvalue weighted by atomic mass is 10.0. The Hall–Kier alpha value is -1.70. The molecule has 0 amide bonds. The van der Waals surface area contributed by atoms with E-state index in [4.69, 9.17) is 0 Å². The van der Waals surface area contributed by atoms with Crippen molar-refractivity contribution < 1.29 is 0 Å². The molecule has 0 heterocycles. The minimum atomic E-state index is 0.442. The second-order valence-electron chi connectivity index (χ2n) is 6.57. The molecule has 4 nitrogen and oxygen atoms in total. The van der Waals surface area contributed by atoms with Crippen LogP contribution in [0, 0.1) is 22.7 Å². The average Bonchev–Trinajstić information content (AvgIpc) is 2.60. The van der Waals surface area contributed by atoms with Crippen molar-refractivity contribution in [2.75, 3.05) is 52.8 Å². The van der Waals surface area contributed by atoms with E-state index in [1.165, 1.54) is 9.79 Å². The lowest BCUT2D eigenvalue weighted by Gasteiger charge is -2.15. The van der Waals surface area contributed by atoms with Gasteiger partial charge in [0, 0.05) is 34.4 Å². The molecule has 136 valence electrons. The summed E-state index contributed by atoms with van der Waals surface area (Å²) in [6, 6.07) is 12.2. The van der Waals surface area contributed by atoms with Crippen molar-refractivity contribution in [3.63, 3.8) is 0 Å². The summed E-state index contributed by atoms with van der Waals surface area (Å²) in [4.78, 5) is 6.85. The molecule has 0 aromatic heterocycles. The Kier molecular flexibility index (Phi) is 7.81. The summed E-state index contributed by atoms with van der Waals surface area (Å²) in [5, 5.41) is 20.6. The molecule has 0 aliphatic heterocycles. The fourth-order valence-electron chi connectivity index (χ4n) is 2.39. The molecule has 0 saturated carbocycles. The molecule has 0 atom stereocenters. The highest BCUT2D eigenvalue weighted by atomic mass is 32.2. The third-order valence-electron chi connectivity index (χ3n) is 3.87. The van der Waals surface area contributed by atoms with Gasteiger partial charge in [0.25, 0.3) is 0 Å². The fraction of sp³-hybridized carbons (Fsp3) is 0.400. The van der Waals surface area contributed by atoms with Gasteiger partial charge in [-0.15, -0.1) is 23.5 Å². The summed E-state index contributed by atoms with van der Waals surface area (Å²) in [5.41, 5.74) is 0.884. The molecule has 0 aliphatic rings. The number of nitriles is 2. The van der Waals surface area contributed by atoms with Crippen LogP contribution in [0.15, 0.2) is 34.1 Å². The number of rotatable bonds is 8. The van der Waals surface area contributed by atoms with E-state index in [0.29, 0.717) is 11.1 Å². The van der Waals surface area contributed by atoms with Gasteiger partial charge in [0.2, 0.25) is 0 Å². The van der Waals surface area contributed by atoms with Gasteiger partial charge in [0.05, 0.1) is 11.1 Å². The van der Waals surface area contributed by atoms with Crippen LogP contribution in [-0.4, -0.2) is 62.6 Å². The van der Waals surface area contributed by atoms with Crippen LogP contribution in [0.5, 0.6) is 0 Å². The highest BCUT2D eigenvalue weighted by Crippen LogP contribution is 2.35. The maximum Gasteiger partial charge on any atom is 0.101 e. The molecule has 2 aromatic carbocycles. The smallest absolute Gasteiger partial charge is 0.101 e. The fourth-order valence-corrected chi connectivity index (χ4v) is 4.92. The number of hydrogen-bond donors (Lipinski definition) is 0. The first-order chi connectivity index (χ1) is 12.4. The van der Waals surface area contributed by atoms with Crippen LogP contribution < -0.4 is 0 Å². The third kappa shape index (κ3) is 5.65. The Morgan fingerprint density at radius 1 is 0.731 bits per heavy atom. The predicted molar refractivity (Wildman–Crippen MR) is 112 cm³/mol. The van der Waals surface area contributed by atoms with Crippen LogP contribution in [0.3, 0.4) is 0 Å². The molecule has 0 bridgehead atoms. The number of fused-ring (bicyclic) bond motifs is 1. The van der Waals surface area contributed by atoms with Crippen LogP contribution in [-0.2, 0) is 0 Å². The van der Waals surface area contributed by atoms with Gasteiger partial charge in [0.1, 0.15) is 12.1 Å². The molecule has 0 N–H and O–H groups in total. The molecule has 0 saturated heterocycles. The Morgan fingerprint density at radius 2 is 1.12 bits per heavy atom. The SMILES string of the molecule is CN(C)CCSc1cc2cc(C#N)c(C#N)cc2cc1SCCN(C)C. The van der Waals surface area contributed by atoms with Gasteiger partial charge in [-0.2, -0.15) is 10.5 Å². The Bertz CT molecular complexity index is 777. The van der Waals surface area contributed by atoms with E-state index >= 15 is 0 Å². The Balaban J connectivity index is 2.39. The summed E-state index contributed by atoms with van der Waals surface area (Å²) in [6.07, 6.45) is 0. The molecule has 26 heavy (non-hydrogen) atoms. The highest BCUT2D eigenvalue weighted by Gasteiger charge is 2.11. The van der Waals surface area contributed by atoms with Crippen molar-refractivity contribution in [3.8, 4) is 12.1 Å². The van der Waals surface area contributed by atoms with Crippen molar-refractivity contribution in [1.29, 1.82) is 10.5 Å². The van der Waals surface area contributed by atoms with Gasteiger partial charge < -0.3 is 9.80 Å². The predicted octanol–water partition coefficient (Wildman–Crippen LogP) is 3.89. The van der Waals surface area contributed by atoms with Gasteiger partial charge >= 0.3 is 0 Å². The molecule has 0 radical (unpaired) electrons. The molecule has 0 unspecified atom stereocenters. The van der Waals surface area contributed by atoms with Crippen LogP contribution in [0.1, 0.15) is 11.1 Å². The molecular weight excluding hydrogens is 360 g/mol. The van der Waals surface area contributed by atoms with Gasteiger partial charge in [-0.1, -0.05) is 0 Å². The van der Waals surface area contributed by atoms with E-state index in [-0.39, 0.29) is 0 Å². The normalized spacial score (nSPS) is 11.1. The molecule has 6 heteroatoms. The van der Waals surface area contributed by atoms with Crippen LogP contribution in [0.2, 0.25) is 0 Å². The van der Waals surface area contributed by atoms with Gasteiger partial charge in [0.15, 0.2) is 0 Å². The maximum atomic E-state index is 9.28. The topological polar surface area (TPSA) is 54.1 Å². The minimum absolute atomic E-state index is 0.442. The molecule has 0 spiro atoms. The lowest BCUT2D eigenvalue weighted by molar-refractivity contribution is 0.437. The van der Waals surface area contributed by atoms with E-state index in [1.807, 2.05) is 35.7 Å². The van der Waals surface area contributed by atoms with Crippen molar-refractivity contribution in [2.45, 2.75) is 9.79 Å². The van der Waals surface area contributed by atoms with Gasteiger partial charge in [-0.05, 0) is 63.2 Å². The van der Waals surface area contributed by atoms with E-state index in [0.717, 1.165) is 35.4 Å². The van der Waals surface area contributed by atoms with E-state index in [2.05, 4.69) is 62.3 Å². The number of nitrogens with zero attached hydrogens (tertiary/aromatic N) is 4. The Morgan fingerprint density at radius 3 is 1.42 bits per heavy atom. The standard InChI is InChI=1S/C20H24N4S2/c1-23(2)5-7-25-19-11-15-9-17(13-21)18(14-22)10-16(15)12-20(19)26-8-6-24(3)4/h9-12H,5-8H2,1-4H3. The number of hydrogen-bond acceptors (Lipinski definition) is 6. The van der Waals surface area contributed by atoms with E-state index in [1.54, 1.807) is 0 Å². The van der Waals surface area contributed by atoms with E-state index < -0.39 is 0 Å². The third-order valence-corrected chi connectivity index (χ3v) is 6.07. The minimum Gasteiger partial charge on any atom is -0.309 e. The zero-order chi connectivity index (χ0) is 19.1. The Labute approximate surface area is 164 Å². The van der Waals surface area contributed by atoms with Crippen LogP contribution >= 0.6 is 23.5 Å². The summed E-state index contributed by atoms with van der Waals surface area (Å²) >= 11 is 3.70. The van der Waals surface area contributed by atoms with Crippen molar-refractivity contribution in [2.24, 2.45) is 0 Å². The monoisotopic (exact) mass is 384 g/mol. The van der Waals surface area contributed by atoms with Gasteiger partial charge in [-0.3, -0.25) is 0 Å². The van der Waals surface area contributed by atoms with Crippen molar-refractivity contribution in [3.05, 3.63) is 35.4 Å². The molecule has 0 fully saturated rings. The molecule has 0 aliphatic carbocycles. The van der Waals surface area contributed by atoms with E-state index in [9.17, 15) is 10.5 Å². The summed E-state index contributed by atoms with van der Waals surface area (Å²) in [5.74, 6) is 2.03. The first kappa shape index (κ1) is 20.6. The lowest BCUT2D eigenvalue weighted by Crippen LogP contribution is -2.15. The zero-order valence-electron chi connectivity index (χ0n) is 15.7. The molecular formula is C20H24N4S2. The molecule has 2 aromatic rings. The van der Waals surface area contributed by atoms with Crippen LogP contribution in [0.25, 0.3) is 10.8 Å². The average molecular weight is 385 g/mol. The van der Waals surface area contributed by atoms with Crippen molar-refractivity contribution >= 4 is 34.3 Å². The van der Waals surface area contributed by atoms with Crippen molar-refractivity contribution in [1.82, 2.24) is 9.80 Å². The zero-order valence-corrected chi connectivity index (χ0v) is 17.4. The first-order valence-electron chi connectivity index (χ1n) is 8.41. The molecule has 2 rings (SSSR count). The number of benzene rings is 2. The largest absolute Gasteiger partial charge is 0.309 e.